The van der Waals surface area contributed by atoms with Crippen molar-refractivity contribution in [1.29, 1.82) is 5.41 Å². The fourth-order valence-electron chi connectivity index (χ4n) is 2.08. The smallest absolute Gasteiger partial charge is 0.252 e. The van der Waals surface area contributed by atoms with Gasteiger partial charge in [0.1, 0.15) is 17.0 Å². The van der Waals surface area contributed by atoms with Gasteiger partial charge in [-0.3, -0.25) is 10.2 Å². The van der Waals surface area contributed by atoms with Crippen LogP contribution in [0.1, 0.15) is 15.9 Å². The summed E-state index contributed by atoms with van der Waals surface area (Å²) in [6.07, 6.45) is 1.57. The van der Waals surface area contributed by atoms with Crippen molar-refractivity contribution in [2.24, 2.45) is 5.73 Å². The second kappa shape index (κ2) is 8.03. The monoisotopic (exact) mass is 401 g/mol. The number of halogens is 2. The molecule has 0 saturated heterocycles. The van der Waals surface area contributed by atoms with Gasteiger partial charge in [-0.25, -0.2) is 0 Å². The summed E-state index contributed by atoms with van der Waals surface area (Å²) in [5.74, 6) is 0.585. The van der Waals surface area contributed by atoms with Crippen LogP contribution in [0.15, 0.2) is 30.5 Å². The molecule has 8 heteroatoms. The predicted molar refractivity (Wildman–Crippen MR) is 92.8 cm³/mol. The molecular formula is C15H17BrClN3O3. The van der Waals surface area contributed by atoms with E-state index >= 15 is 0 Å². The van der Waals surface area contributed by atoms with Crippen LogP contribution >= 0.6 is 28.6 Å². The molecule has 0 aliphatic carbocycles. The molecule has 1 aromatic carbocycles. The Balaban J connectivity index is 0.00000264. The number of primary amides is 1. The van der Waals surface area contributed by atoms with Crippen LogP contribution in [-0.2, 0) is 6.54 Å². The van der Waals surface area contributed by atoms with E-state index in [1.54, 1.807) is 26.5 Å². The van der Waals surface area contributed by atoms with Gasteiger partial charge in [0.2, 0.25) is 0 Å². The van der Waals surface area contributed by atoms with Crippen molar-refractivity contribution in [3.8, 4) is 11.5 Å². The summed E-state index contributed by atoms with van der Waals surface area (Å²) in [6, 6.07) is 6.77. The zero-order chi connectivity index (χ0) is 16.3. The Kier molecular flexibility index (Phi) is 6.65. The van der Waals surface area contributed by atoms with Gasteiger partial charge in [-0.1, -0.05) is 11.6 Å². The molecule has 0 atom stereocenters. The molecule has 0 aliphatic rings. The molecular weight excluding hydrogens is 386 g/mol. The first-order valence-corrected chi connectivity index (χ1v) is 6.78. The molecule has 124 valence electrons. The maximum absolute atomic E-state index is 11.4. The van der Waals surface area contributed by atoms with Gasteiger partial charge < -0.3 is 19.8 Å². The van der Waals surface area contributed by atoms with Gasteiger partial charge >= 0.3 is 0 Å². The van der Waals surface area contributed by atoms with E-state index in [1.165, 1.54) is 10.6 Å². The van der Waals surface area contributed by atoms with E-state index < -0.39 is 5.91 Å². The molecule has 0 fully saturated rings. The Morgan fingerprint density at radius 3 is 2.26 bits per heavy atom. The molecule has 1 aromatic heterocycles. The molecule has 1 amide bonds. The lowest BCUT2D eigenvalue weighted by Gasteiger charge is -2.12. The van der Waals surface area contributed by atoms with Gasteiger partial charge in [-0.2, -0.15) is 0 Å². The lowest BCUT2D eigenvalue weighted by atomic mass is 10.2. The van der Waals surface area contributed by atoms with Crippen LogP contribution in [0.3, 0.4) is 0 Å². The first-order chi connectivity index (χ1) is 10.4. The first kappa shape index (κ1) is 19.1. The minimum Gasteiger partial charge on any atom is -0.497 e. The van der Waals surface area contributed by atoms with Crippen LogP contribution in [0.25, 0.3) is 0 Å². The van der Waals surface area contributed by atoms with Crippen LogP contribution in [0.5, 0.6) is 11.5 Å². The number of methoxy groups -OCH3 is 2. The fourth-order valence-corrected chi connectivity index (χ4v) is 2.31. The average Bonchev–Trinajstić information content (AvgIpc) is 2.49. The molecule has 6 nitrogen and oxygen atoms in total. The van der Waals surface area contributed by atoms with Crippen LogP contribution < -0.4 is 20.7 Å². The van der Waals surface area contributed by atoms with Gasteiger partial charge in [0, 0.05) is 18.8 Å². The van der Waals surface area contributed by atoms with Crippen molar-refractivity contribution >= 4 is 34.5 Å². The Morgan fingerprint density at radius 2 is 1.78 bits per heavy atom. The lowest BCUT2D eigenvalue weighted by molar-refractivity contribution is 0.0998. The third kappa shape index (κ3) is 4.49. The molecule has 1 heterocycles. The van der Waals surface area contributed by atoms with Gasteiger partial charge in [0.05, 0.1) is 24.8 Å². The Bertz CT molecular complexity index is 755. The van der Waals surface area contributed by atoms with Crippen molar-refractivity contribution in [2.75, 3.05) is 14.2 Å². The van der Waals surface area contributed by atoms with Crippen molar-refractivity contribution < 1.29 is 14.3 Å². The third-order valence-electron chi connectivity index (χ3n) is 3.13. The third-order valence-corrected chi connectivity index (χ3v) is 3.34. The van der Waals surface area contributed by atoms with Crippen molar-refractivity contribution in [2.45, 2.75) is 6.54 Å². The number of nitrogens with zero attached hydrogens (tertiary/aromatic N) is 1. The van der Waals surface area contributed by atoms with E-state index in [9.17, 15) is 4.79 Å². The second-order valence-electron chi connectivity index (χ2n) is 4.63. The molecule has 2 rings (SSSR count). The number of pyridine rings is 1. The van der Waals surface area contributed by atoms with E-state index in [0.29, 0.717) is 23.1 Å². The summed E-state index contributed by atoms with van der Waals surface area (Å²) in [7, 11) is 3.12. The summed E-state index contributed by atoms with van der Waals surface area (Å²) in [5, 5.41) is 8.39. The highest BCUT2D eigenvalue weighted by atomic mass is 79.9. The quantitative estimate of drug-likeness (QED) is 0.804. The van der Waals surface area contributed by atoms with Gasteiger partial charge in [-0.15, -0.1) is 17.0 Å². The Morgan fingerprint density at radius 1 is 1.22 bits per heavy atom. The number of aromatic nitrogens is 1. The number of rotatable bonds is 5. The SMILES string of the molecule is Br.COc1cc(Cn2cc(Cl)cc(C(N)=O)c2=N)cc(OC)c1. The average molecular weight is 403 g/mol. The van der Waals surface area contributed by atoms with E-state index in [0.717, 1.165) is 5.56 Å². The number of hydrogen-bond acceptors (Lipinski definition) is 4. The summed E-state index contributed by atoms with van der Waals surface area (Å²) in [5.41, 5.74) is 6.18. The predicted octanol–water partition coefficient (Wildman–Crippen LogP) is 2.36. The Labute approximate surface area is 149 Å². The fraction of sp³-hybridized carbons (Fsp3) is 0.200. The number of amides is 1. The molecule has 0 spiro atoms. The van der Waals surface area contributed by atoms with Crippen molar-refractivity contribution in [3.63, 3.8) is 0 Å². The second-order valence-corrected chi connectivity index (χ2v) is 5.07. The van der Waals surface area contributed by atoms with Crippen LogP contribution in [-0.4, -0.2) is 24.7 Å². The summed E-state index contributed by atoms with van der Waals surface area (Å²) < 4.78 is 12.0. The first-order valence-electron chi connectivity index (χ1n) is 6.41. The molecule has 3 N–H and O–H groups in total. The minimum atomic E-state index is -0.690. The van der Waals surface area contributed by atoms with Crippen molar-refractivity contribution in [3.05, 3.63) is 52.1 Å². The topological polar surface area (TPSA) is 90.3 Å². The van der Waals surface area contributed by atoms with Crippen molar-refractivity contribution in [1.82, 2.24) is 4.57 Å². The largest absolute Gasteiger partial charge is 0.497 e. The van der Waals surface area contributed by atoms with E-state index in [4.69, 9.17) is 32.2 Å². The molecule has 0 aliphatic heterocycles. The highest BCUT2D eigenvalue weighted by Gasteiger charge is 2.10. The van der Waals surface area contributed by atoms with E-state index in [1.807, 2.05) is 12.1 Å². The normalized spacial score (nSPS) is 9.87. The van der Waals surface area contributed by atoms with Crippen LogP contribution in [0.4, 0.5) is 0 Å². The molecule has 0 bridgehead atoms. The number of carbonyl (C=O) groups excluding carboxylic acids is 1. The molecule has 0 unspecified atom stereocenters. The van der Waals surface area contributed by atoms with Crippen LogP contribution in [0, 0.1) is 5.41 Å². The summed E-state index contributed by atoms with van der Waals surface area (Å²) >= 11 is 5.99. The maximum Gasteiger partial charge on any atom is 0.252 e. The number of carbonyl (C=O) groups is 1. The van der Waals surface area contributed by atoms with E-state index in [-0.39, 0.29) is 28.0 Å². The molecule has 0 radical (unpaired) electrons. The number of benzene rings is 1. The van der Waals surface area contributed by atoms with E-state index in [2.05, 4.69) is 0 Å². The number of hydrogen-bond donors (Lipinski definition) is 2. The minimum absolute atomic E-state index is 0. The highest BCUT2D eigenvalue weighted by molar-refractivity contribution is 8.93. The summed E-state index contributed by atoms with van der Waals surface area (Å²) in [4.78, 5) is 11.4. The zero-order valence-electron chi connectivity index (χ0n) is 12.6. The number of ether oxygens (including phenoxy) is 2. The molecule has 2 aromatic rings. The number of nitrogens with one attached hydrogen (secondary N) is 1. The molecule has 0 saturated carbocycles. The number of nitrogens with two attached hydrogens (primary N) is 1. The summed E-state index contributed by atoms with van der Waals surface area (Å²) in [6.45, 7) is 0.327. The highest BCUT2D eigenvalue weighted by Crippen LogP contribution is 2.23. The van der Waals surface area contributed by atoms with Gasteiger partial charge in [0.25, 0.3) is 5.91 Å². The lowest BCUT2D eigenvalue weighted by Crippen LogP contribution is -2.29. The van der Waals surface area contributed by atoms with Crippen LogP contribution in [0.2, 0.25) is 5.02 Å². The zero-order valence-corrected chi connectivity index (χ0v) is 15.1. The Hall–Kier alpha value is -1.99. The standard InChI is InChI=1S/C15H16ClN3O3.BrH/c1-21-11-3-9(4-12(6-11)22-2)7-19-8-10(16)5-13(14(19)17)15(18)20;/h3-6,8,17H,7H2,1-2H3,(H2,18,20);1H. The van der Waals surface area contributed by atoms with Gasteiger partial charge in [-0.05, 0) is 23.8 Å². The molecule has 23 heavy (non-hydrogen) atoms. The maximum atomic E-state index is 11.4. The van der Waals surface area contributed by atoms with Gasteiger partial charge in [0.15, 0.2) is 0 Å².